The third kappa shape index (κ3) is 4.23. The van der Waals surface area contributed by atoms with E-state index in [1.807, 2.05) is 55.5 Å². The van der Waals surface area contributed by atoms with Crippen LogP contribution in [0.2, 0.25) is 0 Å². The molecule has 0 spiro atoms. The van der Waals surface area contributed by atoms with Crippen molar-refractivity contribution in [1.82, 2.24) is 0 Å². The Morgan fingerprint density at radius 3 is 2.74 bits per heavy atom. The maximum Gasteiger partial charge on any atom is 0.303 e. The van der Waals surface area contributed by atoms with Crippen molar-refractivity contribution in [3.63, 3.8) is 0 Å². The van der Waals surface area contributed by atoms with Gasteiger partial charge in [0.1, 0.15) is 11.5 Å². The number of anilines is 2. The highest BCUT2D eigenvalue weighted by Crippen LogP contribution is 2.39. The number of para-hydroxylation sites is 1. The van der Waals surface area contributed by atoms with Crippen LogP contribution in [-0.2, 0) is 35.4 Å². The first-order valence-corrected chi connectivity index (χ1v) is 11.8. The maximum atomic E-state index is 13.0. The molecule has 2 heterocycles. The summed E-state index contributed by atoms with van der Waals surface area (Å²) >= 11 is 0. The first-order valence-electron chi connectivity index (χ1n) is 11.8. The first-order chi connectivity index (χ1) is 16.5. The number of aryl methyl sites for hydroxylation is 2. The topological polar surface area (TPSA) is 91.6 Å². The van der Waals surface area contributed by atoms with Crippen LogP contribution in [0.25, 0.3) is 11.6 Å². The van der Waals surface area contributed by atoms with Gasteiger partial charge in [0.25, 0.3) is 5.91 Å². The average Bonchev–Trinajstić information content (AvgIpc) is 3.35. The second-order valence-corrected chi connectivity index (χ2v) is 8.95. The van der Waals surface area contributed by atoms with E-state index >= 15 is 0 Å². The highest BCUT2D eigenvalue weighted by molar-refractivity contribution is 6.35. The van der Waals surface area contributed by atoms with E-state index in [-0.39, 0.29) is 12.3 Å². The summed E-state index contributed by atoms with van der Waals surface area (Å²) in [6.45, 7) is 2.57. The van der Waals surface area contributed by atoms with Crippen LogP contribution < -0.4 is 10.6 Å². The molecule has 0 unspecified atom stereocenters. The molecule has 1 aliphatic heterocycles. The smallest absolute Gasteiger partial charge is 0.303 e. The highest BCUT2D eigenvalue weighted by Gasteiger charge is 2.29. The Morgan fingerprint density at radius 2 is 1.94 bits per heavy atom. The summed E-state index contributed by atoms with van der Waals surface area (Å²) in [5.74, 6) is 0.753. The van der Waals surface area contributed by atoms with Gasteiger partial charge in [-0.15, -0.1) is 0 Å². The van der Waals surface area contributed by atoms with Gasteiger partial charge in [-0.25, -0.2) is 0 Å². The van der Waals surface area contributed by atoms with Crippen LogP contribution in [0.5, 0.6) is 0 Å². The van der Waals surface area contributed by atoms with E-state index in [2.05, 4.69) is 10.6 Å². The fourth-order valence-electron chi connectivity index (χ4n) is 5.00. The Labute approximate surface area is 198 Å². The molecule has 0 bridgehead atoms. The summed E-state index contributed by atoms with van der Waals surface area (Å²) in [7, 11) is 0. The van der Waals surface area contributed by atoms with Gasteiger partial charge < -0.3 is 20.2 Å². The molecule has 1 aromatic heterocycles. The van der Waals surface area contributed by atoms with Crippen LogP contribution in [0.3, 0.4) is 0 Å². The summed E-state index contributed by atoms with van der Waals surface area (Å²) < 4.78 is 6.33. The Bertz CT molecular complexity index is 1290. The molecule has 0 fully saturated rings. The van der Waals surface area contributed by atoms with Crippen LogP contribution >= 0.6 is 0 Å². The molecule has 6 heteroatoms. The van der Waals surface area contributed by atoms with Gasteiger partial charge >= 0.3 is 5.97 Å². The van der Waals surface area contributed by atoms with E-state index in [1.165, 1.54) is 5.56 Å². The van der Waals surface area contributed by atoms with Gasteiger partial charge in [-0.1, -0.05) is 24.3 Å². The zero-order valence-corrected chi connectivity index (χ0v) is 19.2. The summed E-state index contributed by atoms with van der Waals surface area (Å²) in [6, 6.07) is 13.8. The second-order valence-electron chi connectivity index (χ2n) is 8.95. The highest BCUT2D eigenvalue weighted by atomic mass is 16.4. The van der Waals surface area contributed by atoms with E-state index in [4.69, 9.17) is 9.52 Å². The fraction of sp³-hybridized carbons (Fsp3) is 0.286. The number of fused-ring (bicyclic) bond motifs is 2. The lowest BCUT2D eigenvalue weighted by molar-refractivity contribution is -0.137. The summed E-state index contributed by atoms with van der Waals surface area (Å²) in [4.78, 5) is 24.0. The molecule has 2 aliphatic rings. The minimum Gasteiger partial charge on any atom is -0.481 e. The number of hydrogen-bond donors (Lipinski definition) is 3. The number of rotatable bonds is 7. The van der Waals surface area contributed by atoms with Crippen LogP contribution in [0.15, 0.2) is 46.9 Å². The molecule has 1 amide bonds. The molecule has 3 aromatic rings. The van der Waals surface area contributed by atoms with Crippen molar-refractivity contribution in [2.24, 2.45) is 0 Å². The lowest BCUT2D eigenvalue weighted by Gasteiger charge is -2.12. The summed E-state index contributed by atoms with van der Waals surface area (Å²) in [5.41, 5.74) is 7.43. The van der Waals surface area contributed by atoms with E-state index in [1.54, 1.807) is 0 Å². The van der Waals surface area contributed by atoms with Gasteiger partial charge in [0.15, 0.2) is 0 Å². The molecular formula is C28H28N2O4. The fourth-order valence-corrected chi connectivity index (χ4v) is 5.00. The van der Waals surface area contributed by atoms with Crippen LogP contribution in [0, 0.1) is 6.92 Å². The van der Waals surface area contributed by atoms with Crippen molar-refractivity contribution in [1.29, 1.82) is 0 Å². The first kappa shape index (κ1) is 22.0. The molecule has 174 valence electrons. The van der Waals surface area contributed by atoms with Gasteiger partial charge in [0, 0.05) is 41.9 Å². The second kappa shape index (κ2) is 9.21. The largest absolute Gasteiger partial charge is 0.481 e. The van der Waals surface area contributed by atoms with Gasteiger partial charge in [-0.3, -0.25) is 9.59 Å². The van der Waals surface area contributed by atoms with Crippen molar-refractivity contribution in [3.8, 4) is 0 Å². The molecule has 5 rings (SSSR count). The lowest BCUT2D eigenvalue weighted by atomic mass is 9.92. The molecule has 1 aliphatic carbocycles. The van der Waals surface area contributed by atoms with Crippen molar-refractivity contribution in [2.75, 3.05) is 10.6 Å². The molecule has 0 radical (unpaired) electrons. The summed E-state index contributed by atoms with van der Waals surface area (Å²) in [5, 5.41) is 15.5. The number of furan rings is 1. The van der Waals surface area contributed by atoms with Crippen molar-refractivity contribution >= 4 is 34.9 Å². The number of carbonyl (C=O) groups is 2. The Morgan fingerprint density at radius 1 is 1.15 bits per heavy atom. The number of amides is 1. The molecule has 3 N–H and O–H groups in total. The molecular weight excluding hydrogens is 428 g/mol. The zero-order valence-electron chi connectivity index (χ0n) is 19.2. The quantitative estimate of drug-likeness (QED) is 0.403. The number of hydrogen-bond acceptors (Lipinski definition) is 4. The minimum absolute atomic E-state index is 0.0558. The zero-order chi connectivity index (χ0) is 23.7. The third-order valence-electron chi connectivity index (χ3n) is 6.78. The Kier molecular flexibility index (Phi) is 5.97. The molecule has 6 nitrogen and oxygen atoms in total. The number of nitrogens with one attached hydrogen (secondary N) is 2. The van der Waals surface area contributed by atoms with Gasteiger partial charge in [0.05, 0.1) is 5.57 Å². The van der Waals surface area contributed by atoms with Crippen LogP contribution in [0.1, 0.15) is 58.6 Å². The number of aliphatic carboxylic acids is 1. The van der Waals surface area contributed by atoms with Gasteiger partial charge in [-0.05, 0) is 73.6 Å². The molecule has 2 aromatic carbocycles. The van der Waals surface area contributed by atoms with Crippen molar-refractivity contribution < 1.29 is 19.1 Å². The molecule has 0 saturated carbocycles. The average molecular weight is 457 g/mol. The molecule has 34 heavy (non-hydrogen) atoms. The number of carbonyl (C=O) groups excluding carboxylic acids is 1. The molecule has 0 saturated heterocycles. The van der Waals surface area contributed by atoms with Crippen LogP contribution in [-0.4, -0.2) is 17.0 Å². The number of carboxylic acid groups (broad SMARTS) is 1. The van der Waals surface area contributed by atoms with Crippen LogP contribution in [0.4, 0.5) is 11.4 Å². The normalized spacial score (nSPS) is 15.7. The monoisotopic (exact) mass is 456 g/mol. The SMILES string of the molecule is Cc1c(CCC(=O)O)ccc2c1C(=Cc1oc3c(c1CNc1ccccc1)CCCC3)C(=O)N2. The predicted octanol–water partition coefficient (Wildman–Crippen LogP) is 5.59. The van der Waals surface area contributed by atoms with E-state index < -0.39 is 5.97 Å². The Hall–Kier alpha value is -3.80. The lowest BCUT2D eigenvalue weighted by Crippen LogP contribution is -2.07. The van der Waals surface area contributed by atoms with E-state index in [9.17, 15) is 9.59 Å². The Balaban J connectivity index is 1.54. The number of benzene rings is 2. The maximum absolute atomic E-state index is 13.0. The van der Waals surface area contributed by atoms with E-state index in [0.717, 1.165) is 70.8 Å². The van der Waals surface area contributed by atoms with Gasteiger partial charge in [-0.2, -0.15) is 0 Å². The van der Waals surface area contributed by atoms with E-state index in [0.29, 0.717) is 18.5 Å². The number of carboxylic acids is 1. The van der Waals surface area contributed by atoms with Crippen molar-refractivity contribution in [3.05, 3.63) is 81.8 Å². The third-order valence-corrected chi connectivity index (χ3v) is 6.78. The minimum atomic E-state index is -0.832. The predicted molar refractivity (Wildman–Crippen MR) is 133 cm³/mol. The summed E-state index contributed by atoms with van der Waals surface area (Å²) in [6.07, 6.45) is 6.49. The van der Waals surface area contributed by atoms with Gasteiger partial charge in [0.2, 0.25) is 0 Å². The van der Waals surface area contributed by atoms with Crippen molar-refractivity contribution in [2.45, 2.75) is 52.0 Å². The molecule has 0 atom stereocenters. The standard InChI is InChI=1S/C28H28N2O4/c1-17-18(12-14-26(31)32)11-13-23-27(17)21(28(33)30-23)15-25-22(16-29-19-7-3-2-4-8-19)20-9-5-6-10-24(20)34-25/h2-4,7-8,11,13,15,29H,5-6,9-10,12,14,16H2,1H3,(H,30,33)(H,31,32).